The van der Waals surface area contributed by atoms with Crippen LogP contribution in [-0.4, -0.2) is 29.2 Å². The van der Waals surface area contributed by atoms with Crippen molar-refractivity contribution in [2.75, 3.05) is 13.2 Å². The van der Waals surface area contributed by atoms with Crippen LogP contribution >= 0.6 is 12.2 Å². The Hall–Kier alpha value is -1.72. The molecule has 106 valence electrons. The van der Waals surface area contributed by atoms with Crippen LogP contribution in [0, 0.1) is 0 Å². The first kappa shape index (κ1) is 14.7. The molecule has 0 fully saturated rings. The summed E-state index contributed by atoms with van der Waals surface area (Å²) in [6, 6.07) is 9.02. The molecule has 1 aliphatic rings. The SMILES string of the molecule is O=C(NC(=S)C1=C(NCCO)CCC1)c1ccccc1. The number of amides is 1. The van der Waals surface area contributed by atoms with E-state index in [4.69, 9.17) is 17.3 Å². The minimum absolute atomic E-state index is 0.0833. The Bertz CT molecular complexity index is 526. The molecule has 0 saturated carbocycles. The fourth-order valence-corrected chi connectivity index (χ4v) is 2.55. The second kappa shape index (κ2) is 7.17. The molecule has 1 aromatic rings. The molecule has 5 heteroatoms. The molecule has 0 atom stereocenters. The first-order chi connectivity index (χ1) is 9.72. The highest BCUT2D eigenvalue weighted by Gasteiger charge is 2.19. The van der Waals surface area contributed by atoms with Gasteiger partial charge >= 0.3 is 0 Å². The summed E-state index contributed by atoms with van der Waals surface area (Å²) in [7, 11) is 0. The first-order valence-electron chi connectivity index (χ1n) is 6.70. The van der Waals surface area contributed by atoms with Crippen LogP contribution in [0.25, 0.3) is 0 Å². The minimum Gasteiger partial charge on any atom is -0.395 e. The van der Waals surface area contributed by atoms with Crippen LogP contribution in [0.2, 0.25) is 0 Å². The molecule has 2 rings (SSSR count). The van der Waals surface area contributed by atoms with Crippen molar-refractivity contribution in [3.63, 3.8) is 0 Å². The number of aliphatic hydroxyl groups is 1. The van der Waals surface area contributed by atoms with Gasteiger partial charge in [-0.05, 0) is 31.4 Å². The molecule has 0 spiro atoms. The van der Waals surface area contributed by atoms with Crippen molar-refractivity contribution in [3.8, 4) is 0 Å². The molecule has 0 aromatic heterocycles. The molecule has 0 saturated heterocycles. The predicted octanol–water partition coefficient (Wildman–Crippen LogP) is 1.76. The van der Waals surface area contributed by atoms with Gasteiger partial charge in [0.1, 0.15) is 4.99 Å². The van der Waals surface area contributed by atoms with Gasteiger partial charge in [-0.2, -0.15) is 0 Å². The van der Waals surface area contributed by atoms with Crippen LogP contribution in [0.5, 0.6) is 0 Å². The van der Waals surface area contributed by atoms with Gasteiger partial charge in [-0.3, -0.25) is 4.79 Å². The Kier molecular flexibility index (Phi) is 5.26. The number of nitrogens with one attached hydrogen (secondary N) is 2. The maximum atomic E-state index is 12.1. The lowest BCUT2D eigenvalue weighted by Gasteiger charge is -2.12. The summed E-state index contributed by atoms with van der Waals surface area (Å²) in [6.07, 6.45) is 2.79. The number of carbonyl (C=O) groups excluding carboxylic acids is 1. The van der Waals surface area contributed by atoms with Crippen molar-refractivity contribution in [1.29, 1.82) is 0 Å². The van der Waals surface area contributed by atoms with E-state index >= 15 is 0 Å². The number of benzene rings is 1. The Morgan fingerprint density at radius 3 is 2.70 bits per heavy atom. The zero-order chi connectivity index (χ0) is 14.4. The molecular weight excluding hydrogens is 272 g/mol. The highest BCUT2D eigenvalue weighted by atomic mass is 32.1. The monoisotopic (exact) mass is 290 g/mol. The van der Waals surface area contributed by atoms with Crippen LogP contribution in [0.15, 0.2) is 41.6 Å². The van der Waals surface area contributed by atoms with Crippen LogP contribution < -0.4 is 10.6 Å². The molecule has 0 heterocycles. The first-order valence-corrected chi connectivity index (χ1v) is 7.10. The quantitative estimate of drug-likeness (QED) is 0.723. The summed E-state index contributed by atoms with van der Waals surface area (Å²) in [5.41, 5.74) is 2.62. The van der Waals surface area contributed by atoms with Crippen LogP contribution in [0.1, 0.15) is 29.6 Å². The van der Waals surface area contributed by atoms with Crippen molar-refractivity contribution in [2.45, 2.75) is 19.3 Å². The third-order valence-corrected chi connectivity index (χ3v) is 3.55. The Morgan fingerprint density at radius 2 is 2.00 bits per heavy atom. The summed E-state index contributed by atoms with van der Waals surface area (Å²) >= 11 is 5.33. The lowest BCUT2D eigenvalue weighted by atomic mass is 10.2. The highest BCUT2D eigenvalue weighted by Crippen LogP contribution is 2.24. The van der Waals surface area contributed by atoms with Gasteiger partial charge in [-0.15, -0.1) is 0 Å². The molecule has 1 aliphatic carbocycles. The van der Waals surface area contributed by atoms with E-state index in [0.29, 0.717) is 17.1 Å². The van der Waals surface area contributed by atoms with Gasteiger partial charge in [0.15, 0.2) is 0 Å². The van der Waals surface area contributed by atoms with E-state index in [1.54, 1.807) is 12.1 Å². The lowest BCUT2D eigenvalue weighted by molar-refractivity contribution is 0.0978. The minimum atomic E-state index is -0.184. The van der Waals surface area contributed by atoms with E-state index in [9.17, 15) is 4.79 Å². The van der Waals surface area contributed by atoms with Crippen molar-refractivity contribution in [2.24, 2.45) is 0 Å². The number of hydrogen-bond acceptors (Lipinski definition) is 4. The smallest absolute Gasteiger partial charge is 0.256 e. The largest absolute Gasteiger partial charge is 0.395 e. The summed E-state index contributed by atoms with van der Waals surface area (Å²) in [6.45, 7) is 0.591. The van der Waals surface area contributed by atoms with E-state index in [1.165, 1.54) is 0 Å². The van der Waals surface area contributed by atoms with E-state index in [2.05, 4.69) is 10.6 Å². The molecule has 20 heavy (non-hydrogen) atoms. The number of carbonyl (C=O) groups is 1. The van der Waals surface area contributed by atoms with Crippen LogP contribution in [0.3, 0.4) is 0 Å². The third kappa shape index (κ3) is 3.65. The number of rotatable bonds is 5. The van der Waals surface area contributed by atoms with Crippen molar-refractivity contribution in [1.82, 2.24) is 10.6 Å². The molecule has 1 aromatic carbocycles. The van der Waals surface area contributed by atoms with Crippen molar-refractivity contribution >= 4 is 23.1 Å². The van der Waals surface area contributed by atoms with Crippen molar-refractivity contribution < 1.29 is 9.90 Å². The number of aliphatic hydroxyl groups excluding tert-OH is 1. The molecule has 0 radical (unpaired) electrons. The maximum absolute atomic E-state index is 12.1. The predicted molar refractivity (Wildman–Crippen MR) is 82.5 cm³/mol. The van der Waals surface area contributed by atoms with Gasteiger partial charge in [0.25, 0.3) is 5.91 Å². The highest BCUT2D eigenvalue weighted by molar-refractivity contribution is 7.80. The Balaban J connectivity index is 2.02. The van der Waals surface area contributed by atoms with E-state index in [0.717, 1.165) is 30.5 Å². The average molecular weight is 290 g/mol. The second-order valence-corrected chi connectivity index (χ2v) is 5.02. The Morgan fingerprint density at radius 1 is 1.25 bits per heavy atom. The summed E-state index contributed by atoms with van der Waals surface area (Å²) in [4.78, 5) is 12.5. The van der Waals surface area contributed by atoms with Gasteiger partial charge in [0, 0.05) is 23.4 Å². The second-order valence-electron chi connectivity index (χ2n) is 4.61. The fourth-order valence-electron chi connectivity index (χ4n) is 2.24. The lowest BCUT2D eigenvalue weighted by Crippen LogP contribution is -2.31. The molecule has 0 bridgehead atoms. The Labute approximate surface area is 123 Å². The van der Waals surface area contributed by atoms with Gasteiger partial charge in [0.05, 0.1) is 6.61 Å². The van der Waals surface area contributed by atoms with Gasteiger partial charge in [0.2, 0.25) is 0 Å². The summed E-state index contributed by atoms with van der Waals surface area (Å²) in [5.74, 6) is -0.184. The molecule has 0 unspecified atom stereocenters. The van der Waals surface area contributed by atoms with Crippen LogP contribution in [-0.2, 0) is 0 Å². The molecular formula is C15H18N2O2S. The van der Waals surface area contributed by atoms with E-state index in [1.807, 2.05) is 18.2 Å². The summed E-state index contributed by atoms with van der Waals surface area (Å²) in [5, 5.41) is 14.8. The van der Waals surface area contributed by atoms with E-state index in [-0.39, 0.29) is 12.5 Å². The third-order valence-electron chi connectivity index (χ3n) is 3.21. The van der Waals surface area contributed by atoms with E-state index < -0.39 is 0 Å². The molecule has 1 amide bonds. The van der Waals surface area contributed by atoms with Crippen molar-refractivity contribution in [3.05, 3.63) is 47.2 Å². The standard InChI is InChI=1S/C15H18N2O2S/c18-10-9-16-13-8-4-7-12(13)15(20)17-14(19)11-5-2-1-3-6-11/h1-3,5-6,16,18H,4,7-10H2,(H,17,19,20). The van der Waals surface area contributed by atoms with Gasteiger partial charge in [-0.1, -0.05) is 30.4 Å². The zero-order valence-corrected chi connectivity index (χ0v) is 12.0. The zero-order valence-electron chi connectivity index (χ0n) is 11.2. The number of hydrogen-bond donors (Lipinski definition) is 3. The normalized spacial score (nSPS) is 14.2. The molecule has 0 aliphatic heterocycles. The maximum Gasteiger partial charge on any atom is 0.256 e. The average Bonchev–Trinajstić information content (AvgIpc) is 2.94. The van der Waals surface area contributed by atoms with Crippen LogP contribution in [0.4, 0.5) is 0 Å². The van der Waals surface area contributed by atoms with Gasteiger partial charge in [-0.25, -0.2) is 0 Å². The number of thiocarbonyl (C=S) groups is 1. The summed E-state index contributed by atoms with van der Waals surface area (Å²) < 4.78 is 0. The molecule has 4 nitrogen and oxygen atoms in total. The fraction of sp³-hybridized carbons (Fsp3) is 0.333. The topological polar surface area (TPSA) is 61.4 Å². The molecule has 3 N–H and O–H groups in total. The number of allylic oxidation sites excluding steroid dienone is 1. The van der Waals surface area contributed by atoms with Gasteiger partial charge < -0.3 is 15.7 Å².